The smallest absolute Gasteiger partial charge is 0.343 e. The molecule has 0 fully saturated rings. The van der Waals surface area contributed by atoms with E-state index in [4.69, 9.17) is 9.94 Å². The van der Waals surface area contributed by atoms with Gasteiger partial charge < -0.3 is 9.94 Å². The van der Waals surface area contributed by atoms with Crippen molar-refractivity contribution >= 4 is 23.5 Å². The lowest BCUT2D eigenvalue weighted by Crippen LogP contribution is -2.99. The molecule has 3 rings (SSSR count). The van der Waals surface area contributed by atoms with E-state index in [-0.39, 0.29) is 22.8 Å². The summed E-state index contributed by atoms with van der Waals surface area (Å²) >= 11 is 0. The third-order valence-corrected chi connectivity index (χ3v) is 3.94. The standard InChI is InChI=1S/C22H17NO5/c24-20(16-7-2-1-3-8-16)14-13-17-9-4-5-12-21(17)28-22(25)18-10-6-11-19(15-18)23(26)27/h1-15,23,26H. The molecule has 0 aliphatic rings. The zero-order chi connectivity index (χ0) is 19.9. The predicted octanol–water partition coefficient (Wildman–Crippen LogP) is 3.21. The van der Waals surface area contributed by atoms with Crippen molar-refractivity contribution in [3.63, 3.8) is 0 Å². The summed E-state index contributed by atoms with van der Waals surface area (Å²) < 4.78 is 5.41. The van der Waals surface area contributed by atoms with Gasteiger partial charge in [0.25, 0.3) is 0 Å². The Morgan fingerprint density at radius 2 is 1.57 bits per heavy atom. The SMILES string of the molecule is O=C(C=Cc1ccccc1OC(=O)c1cccc([NH+]([O-])O)c1)c1ccccc1. The van der Waals surface area contributed by atoms with E-state index in [0.717, 1.165) is 0 Å². The maximum absolute atomic E-state index is 12.4. The molecule has 0 heterocycles. The molecule has 28 heavy (non-hydrogen) atoms. The largest absolute Gasteiger partial charge is 0.595 e. The van der Waals surface area contributed by atoms with Crippen molar-refractivity contribution in [2.24, 2.45) is 0 Å². The molecule has 0 aromatic heterocycles. The molecule has 1 unspecified atom stereocenters. The fourth-order valence-corrected chi connectivity index (χ4v) is 2.51. The zero-order valence-electron chi connectivity index (χ0n) is 14.7. The average molecular weight is 375 g/mol. The van der Waals surface area contributed by atoms with Crippen LogP contribution in [0.4, 0.5) is 5.69 Å². The minimum Gasteiger partial charge on any atom is -0.595 e. The van der Waals surface area contributed by atoms with Gasteiger partial charge in [0.05, 0.1) is 5.56 Å². The molecule has 1 atom stereocenters. The first-order chi connectivity index (χ1) is 13.5. The monoisotopic (exact) mass is 375 g/mol. The number of benzene rings is 3. The van der Waals surface area contributed by atoms with Crippen LogP contribution >= 0.6 is 0 Å². The molecule has 140 valence electrons. The fourth-order valence-electron chi connectivity index (χ4n) is 2.51. The number of carbonyl (C=O) groups excluding carboxylic acids is 2. The maximum Gasteiger partial charge on any atom is 0.343 e. The molecule has 6 heteroatoms. The van der Waals surface area contributed by atoms with Crippen molar-refractivity contribution in [3.8, 4) is 5.75 Å². The molecular weight excluding hydrogens is 358 g/mol. The van der Waals surface area contributed by atoms with Crippen LogP contribution < -0.4 is 9.96 Å². The van der Waals surface area contributed by atoms with E-state index in [1.165, 1.54) is 30.3 Å². The third kappa shape index (κ3) is 4.77. The lowest BCUT2D eigenvalue weighted by Gasteiger charge is -2.12. The number of ketones is 1. The summed E-state index contributed by atoms with van der Waals surface area (Å²) in [6.07, 6.45) is 2.98. The first-order valence-corrected chi connectivity index (χ1v) is 8.46. The number of quaternary nitrogens is 1. The fraction of sp³-hybridized carbons (Fsp3) is 0. The first-order valence-electron chi connectivity index (χ1n) is 8.46. The summed E-state index contributed by atoms with van der Waals surface area (Å²) in [5, 5.41) is 19.0. The van der Waals surface area contributed by atoms with Crippen LogP contribution in [0.25, 0.3) is 6.08 Å². The van der Waals surface area contributed by atoms with Crippen LogP contribution in [0.5, 0.6) is 5.75 Å². The van der Waals surface area contributed by atoms with E-state index in [2.05, 4.69) is 0 Å². The van der Waals surface area contributed by atoms with Crippen molar-refractivity contribution in [2.45, 2.75) is 0 Å². The van der Waals surface area contributed by atoms with Gasteiger partial charge in [-0.2, -0.15) is 5.23 Å². The Labute approximate surface area is 161 Å². The van der Waals surface area contributed by atoms with Gasteiger partial charge in [-0.05, 0) is 24.3 Å². The Hall–Kier alpha value is -3.58. The summed E-state index contributed by atoms with van der Waals surface area (Å²) in [4.78, 5) is 24.6. The van der Waals surface area contributed by atoms with E-state index >= 15 is 0 Å². The molecule has 0 spiro atoms. The molecule has 0 bridgehead atoms. The van der Waals surface area contributed by atoms with Crippen molar-refractivity contribution < 1.29 is 24.8 Å². The zero-order valence-corrected chi connectivity index (χ0v) is 14.7. The number of hydrogen-bond donors (Lipinski definition) is 2. The van der Waals surface area contributed by atoms with Crippen molar-refractivity contribution in [2.75, 3.05) is 0 Å². The second-order valence-electron chi connectivity index (χ2n) is 5.88. The normalized spacial score (nSPS) is 11.9. The summed E-state index contributed by atoms with van der Waals surface area (Å²) in [5.74, 6) is -0.584. The summed E-state index contributed by atoms with van der Waals surface area (Å²) in [5.41, 5.74) is 1.23. The van der Waals surface area contributed by atoms with E-state index in [1.54, 1.807) is 54.6 Å². The Balaban J connectivity index is 1.79. The number of carbonyl (C=O) groups is 2. The minimum atomic E-state index is -1.13. The molecule has 3 aromatic rings. The molecule has 0 saturated heterocycles. The van der Waals surface area contributed by atoms with Crippen molar-refractivity contribution in [1.82, 2.24) is 0 Å². The van der Waals surface area contributed by atoms with Crippen LogP contribution in [0.15, 0.2) is 84.9 Å². The van der Waals surface area contributed by atoms with Gasteiger partial charge in [-0.1, -0.05) is 54.6 Å². The van der Waals surface area contributed by atoms with Crippen molar-refractivity contribution in [3.05, 3.63) is 107 Å². The predicted molar refractivity (Wildman–Crippen MR) is 103 cm³/mol. The van der Waals surface area contributed by atoms with Gasteiger partial charge in [-0.3, -0.25) is 4.79 Å². The highest BCUT2D eigenvalue weighted by Crippen LogP contribution is 2.21. The Morgan fingerprint density at radius 3 is 2.32 bits per heavy atom. The number of rotatable bonds is 6. The highest BCUT2D eigenvalue weighted by Gasteiger charge is 2.13. The van der Waals surface area contributed by atoms with Crippen LogP contribution in [0.3, 0.4) is 0 Å². The second kappa shape index (κ2) is 8.88. The van der Waals surface area contributed by atoms with Crippen LogP contribution in [0.1, 0.15) is 26.3 Å². The molecule has 3 aromatic carbocycles. The molecule has 0 aliphatic heterocycles. The molecule has 0 aliphatic carbocycles. The van der Waals surface area contributed by atoms with E-state index in [0.29, 0.717) is 11.1 Å². The highest BCUT2D eigenvalue weighted by molar-refractivity contribution is 6.07. The molecular formula is C22H17NO5. The molecule has 2 N–H and O–H groups in total. The Morgan fingerprint density at radius 1 is 0.893 bits per heavy atom. The van der Waals surface area contributed by atoms with Crippen LogP contribution in [-0.4, -0.2) is 17.0 Å². The van der Waals surface area contributed by atoms with E-state index in [1.807, 2.05) is 6.07 Å². The van der Waals surface area contributed by atoms with Gasteiger partial charge >= 0.3 is 5.97 Å². The number of hydrogen-bond acceptors (Lipinski definition) is 5. The van der Waals surface area contributed by atoms with Gasteiger partial charge in [0.1, 0.15) is 5.75 Å². The number of ether oxygens (including phenoxy) is 1. The number of nitrogens with one attached hydrogen (secondary N) is 1. The molecule has 0 amide bonds. The topological polar surface area (TPSA) is 91.1 Å². The number of allylic oxidation sites excluding steroid dienone is 1. The summed E-state index contributed by atoms with van der Waals surface area (Å²) in [6.45, 7) is 0. The van der Waals surface area contributed by atoms with E-state index in [9.17, 15) is 14.8 Å². The molecule has 0 radical (unpaired) electrons. The Kier molecular flexibility index (Phi) is 6.08. The first kappa shape index (κ1) is 19.2. The number of esters is 1. The highest BCUT2D eigenvalue weighted by atomic mass is 16.8. The molecule has 0 saturated carbocycles. The quantitative estimate of drug-likeness (QED) is 0.227. The van der Waals surface area contributed by atoms with Crippen LogP contribution in [0.2, 0.25) is 0 Å². The maximum atomic E-state index is 12.4. The van der Waals surface area contributed by atoms with Gasteiger partial charge in [0.2, 0.25) is 0 Å². The van der Waals surface area contributed by atoms with Gasteiger partial charge in [-0.25, -0.2) is 10.0 Å². The van der Waals surface area contributed by atoms with Gasteiger partial charge in [0.15, 0.2) is 11.5 Å². The summed E-state index contributed by atoms with van der Waals surface area (Å²) in [7, 11) is 0. The summed E-state index contributed by atoms with van der Waals surface area (Å²) in [6, 6.07) is 21.2. The van der Waals surface area contributed by atoms with Crippen LogP contribution in [-0.2, 0) is 0 Å². The average Bonchev–Trinajstić information content (AvgIpc) is 2.73. The third-order valence-electron chi connectivity index (χ3n) is 3.94. The van der Waals surface area contributed by atoms with E-state index < -0.39 is 11.2 Å². The molecule has 6 nitrogen and oxygen atoms in total. The van der Waals surface area contributed by atoms with Gasteiger partial charge in [-0.15, -0.1) is 0 Å². The van der Waals surface area contributed by atoms with Crippen LogP contribution in [0, 0.1) is 5.21 Å². The van der Waals surface area contributed by atoms with Gasteiger partial charge in [0, 0.05) is 23.3 Å². The lowest BCUT2D eigenvalue weighted by molar-refractivity contribution is -0.991. The number of para-hydroxylation sites is 1. The Bertz CT molecular complexity index is 1010. The second-order valence-corrected chi connectivity index (χ2v) is 5.88. The lowest BCUT2D eigenvalue weighted by atomic mass is 10.1. The minimum absolute atomic E-state index is 0.00362. The van der Waals surface area contributed by atoms with Crippen molar-refractivity contribution in [1.29, 1.82) is 0 Å².